The Hall–Kier alpha value is -3.22. The average molecular weight is 438 g/mol. The van der Waals surface area contributed by atoms with Gasteiger partial charge in [-0.05, 0) is 55.7 Å². The molecule has 0 bridgehead atoms. The second-order valence-electron chi connectivity index (χ2n) is 8.45. The van der Waals surface area contributed by atoms with Gasteiger partial charge in [-0.2, -0.15) is 0 Å². The summed E-state index contributed by atoms with van der Waals surface area (Å²) in [5, 5.41) is 2.97. The highest BCUT2D eigenvalue weighted by Gasteiger charge is 2.28. The van der Waals surface area contributed by atoms with Crippen LogP contribution in [0, 0.1) is 5.92 Å². The van der Waals surface area contributed by atoms with Gasteiger partial charge in [0.1, 0.15) is 0 Å². The molecule has 2 aliphatic heterocycles. The predicted octanol–water partition coefficient (Wildman–Crippen LogP) is 4.14. The quantitative estimate of drug-likeness (QED) is 0.705. The Morgan fingerprint density at radius 1 is 1.06 bits per heavy atom. The largest absolute Gasteiger partial charge is 0.454 e. The molecule has 0 aromatic heterocycles. The molecule has 2 aliphatic rings. The average Bonchev–Trinajstić information content (AvgIpc) is 3.30. The van der Waals surface area contributed by atoms with E-state index in [-0.39, 0.29) is 24.5 Å². The molecule has 0 saturated carbocycles. The Bertz CT molecular complexity index is 952. The highest BCUT2D eigenvalue weighted by atomic mass is 16.7. The Balaban J connectivity index is 1.28. The van der Waals surface area contributed by atoms with Gasteiger partial charge in [-0.3, -0.25) is 9.59 Å². The van der Waals surface area contributed by atoms with Crippen molar-refractivity contribution in [2.45, 2.75) is 32.6 Å². The number of fused-ring (bicyclic) bond motifs is 1. The maximum Gasteiger partial charge on any atom is 0.253 e. The Morgan fingerprint density at radius 3 is 2.50 bits per heavy atom. The summed E-state index contributed by atoms with van der Waals surface area (Å²) in [6.07, 6.45) is 3.61. The fourth-order valence-electron chi connectivity index (χ4n) is 4.13. The first-order valence-corrected chi connectivity index (χ1v) is 11.4. The van der Waals surface area contributed by atoms with Crippen LogP contribution in [0.3, 0.4) is 0 Å². The fraction of sp³-hybridized carbons (Fsp3) is 0.440. The monoisotopic (exact) mass is 437 g/mol. The maximum absolute atomic E-state index is 12.9. The lowest BCUT2D eigenvalue weighted by Gasteiger charge is -2.31. The molecule has 0 spiro atoms. The van der Waals surface area contributed by atoms with Gasteiger partial charge < -0.3 is 24.6 Å². The van der Waals surface area contributed by atoms with Crippen LogP contribution in [-0.4, -0.2) is 50.2 Å². The van der Waals surface area contributed by atoms with Crippen molar-refractivity contribution in [3.05, 3.63) is 48.0 Å². The molecular formula is C25H31N3O4. The van der Waals surface area contributed by atoms with Crippen LogP contribution >= 0.6 is 0 Å². The SMILES string of the molecule is CCCCN(C)c1ccc(C(=O)N2CCC(C(=O)Nc3ccc4c(c3)OCO4)CC2)cc1. The van der Waals surface area contributed by atoms with Crippen LogP contribution in [0.2, 0.25) is 0 Å². The zero-order chi connectivity index (χ0) is 22.5. The highest BCUT2D eigenvalue weighted by molar-refractivity contribution is 5.95. The van der Waals surface area contributed by atoms with E-state index in [0.717, 1.165) is 25.1 Å². The van der Waals surface area contributed by atoms with Crippen molar-refractivity contribution in [1.82, 2.24) is 4.90 Å². The molecule has 2 amide bonds. The summed E-state index contributed by atoms with van der Waals surface area (Å²) in [6.45, 7) is 4.55. The zero-order valence-electron chi connectivity index (χ0n) is 18.8. The number of nitrogens with one attached hydrogen (secondary N) is 1. The molecule has 170 valence electrons. The van der Waals surface area contributed by atoms with Crippen molar-refractivity contribution < 1.29 is 19.1 Å². The van der Waals surface area contributed by atoms with Gasteiger partial charge in [-0.1, -0.05) is 13.3 Å². The lowest BCUT2D eigenvalue weighted by molar-refractivity contribution is -0.121. The van der Waals surface area contributed by atoms with Crippen LogP contribution in [-0.2, 0) is 4.79 Å². The lowest BCUT2D eigenvalue weighted by Crippen LogP contribution is -2.41. The molecule has 0 radical (unpaired) electrons. The van der Waals surface area contributed by atoms with E-state index in [4.69, 9.17) is 9.47 Å². The summed E-state index contributed by atoms with van der Waals surface area (Å²) in [5.41, 5.74) is 2.51. The standard InChI is InChI=1S/C25H31N3O4/c1-3-4-13-27(2)21-8-5-19(6-9-21)25(30)28-14-11-18(12-15-28)24(29)26-20-7-10-22-23(16-20)32-17-31-22/h5-10,16,18H,3-4,11-15,17H2,1-2H3,(H,26,29). The van der Waals surface area contributed by atoms with Crippen LogP contribution in [0.15, 0.2) is 42.5 Å². The van der Waals surface area contributed by atoms with E-state index in [1.54, 1.807) is 12.1 Å². The van der Waals surface area contributed by atoms with Gasteiger partial charge in [0.2, 0.25) is 12.7 Å². The van der Waals surface area contributed by atoms with E-state index in [1.165, 1.54) is 0 Å². The summed E-state index contributed by atoms with van der Waals surface area (Å²) in [4.78, 5) is 29.7. The topological polar surface area (TPSA) is 71.1 Å². The summed E-state index contributed by atoms with van der Waals surface area (Å²) in [7, 11) is 2.08. The van der Waals surface area contributed by atoms with Gasteiger partial charge in [-0.25, -0.2) is 0 Å². The number of amides is 2. The summed E-state index contributed by atoms with van der Waals surface area (Å²) >= 11 is 0. The number of rotatable bonds is 7. The van der Waals surface area contributed by atoms with Crippen molar-refractivity contribution in [3.8, 4) is 11.5 Å². The van der Waals surface area contributed by atoms with Crippen LogP contribution in [0.1, 0.15) is 43.0 Å². The van der Waals surface area contributed by atoms with Crippen molar-refractivity contribution >= 4 is 23.2 Å². The summed E-state index contributed by atoms with van der Waals surface area (Å²) in [5.74, 6) is 1.23. The number of hydrogen-bond acceptors (Lipinski definition) is 5. The van der Waals surface area contributed by atoms with Gasteiger partial charge in [-0.15, -0.1) is 0 Å². The fourth-order valence-corrected chi connectivity index (χ4v) is 4.13. The van der Waals surface area contributed by atoms with Crippen molar-refractivity contribution in [2.75, 3.05) is 43.7 Å². The van der Waals surface area contributed by atoms with E-state index < -0.39 is 0 Å². The summed E-state index contributed by atoms with van der Waals surface area (Å²) in [6, 6.07) is 13.2. The molecule has 0 unspecified atom stereocenters. The van der Waals surface area contributed by atoms with Crippen LogP contribution in [0.25, 0.3) is 0 Å². The number of likely N-dealkylation sites (tertiary alicyclic amines) is 1. The molecule has 1 fully saturated rings. The molecular weight excluding hydrogens is 406 g/mol. The normalized spacial score (nSPS) is 15.5. The first kappa shape index (κ1) is 22.0. The van der Waals surface area contributed by atoms with E-state index in [1.807, 2.05) is 35.2 Å². The Morgan fingerprint density at radius 2 is 1.78 bits per heavy atom. The molecule has 0 atom stereocenters. The van der Waals surface area contributed by atoms with E-state index in [9.17, 15) is 9.59 Å². The third-order valence-corrected chi connectivity index (χ3v) is 6.20. The number of anilines is 2. The van der Waals surface area contributed by atoms with Crippen LogP contribution in [0.5, 0.6) is 11.5 Å². The van der Waals surface area contributed by atoms with Gasteiger partial charge in [0.25, 0.3) is 5.91 Å². The first-order chi connectivity index (χ1) is 15.5. The van der Waals surface area contributed by atoms with Crippen molar-refractivity contribution in [2.24, 2.45) is 5.92 Å². The third-order valence-electron chi connectivity index (χ3n) is 6.20. The molecule has 4 rings (SSSR count). The second-order valence-corrected chi connectivity index (χ2v) is 8.45. The Kier molecular flexibility index (Phi) is 6.83. The third kappa shape index (κ3) is 4.98. The number of nitrogens with zero attached hydrogens (tertiary/aromatic N) is 2. The molecule has 2 aromatic rings. The van der Waals surface area contributed by atoms with Gasteiger partial charge in [0, 0.05) is 55.6 Å². The number of unbranched alkanes of at least 4 members (excludes halogenated alkanes) is 1. The smallest absolute Gasteiger partial charge is 0.253 e. The minimum Gasteiger partial charge on any atom is -0.454 e. The molecule has 7 nitrogen and oxygen atoms in total. The first-order valence-electron chi connectivity index (χ1n) is 11.4. The number of hydrogen-bond donors (Lipinski definition) is 1. The van der Waals surface area contributed by atoms with Crippen LogP contribution in [0.4, 0.5) is 11.4 Å². The molecule has 1 saturated heterocycles. The van der Waals surface area contributed by atoms with E-state index in [2.05, 4.69) is 24.2 Å². The van der Waals surface area contributed by atoms with E-state index >= 15 is 0 Å². The molecule has 2 heterocycles. The lowest BCUT2D eigenvalue weighted by atomic mass is 9.95. The summed E-state index contributed by atoms with van der Waals surface area (Å²) < 4.78 is 10.7. The van der Waals surface area contributed by atoms with Crippen molar-refractivity contribution in [3.63, 3.8) is 0 Å². The number of benzene rings is 2. The molecule has 2 aromatic carbocycles. The zero-order valence-corrected chi connectivity index (χ0v) is 18.8. The van der Waals surface area contributed by atoms with Gasteiger partial charge in [0.05, 0.1) is 0 Å². The van der Waals surface area contributed by atoms with Crippen molar-refractivity contribution in [1.29, 1.82) is 0 Å². The minimum atomic E-state index is -0.112. The Labute approximate surface area is 189 Å². The van der Waals surface area contributed by atoms with Gasteiger partial charge >= 0.3 is 0 Å². The minimum absolute atomic E-state index is 0.0181. The number of piperidine rings is 1. The van der Waals surface area contributed by atoms with Gasteiger partial charge in [0.15, 0.2) is 11.5 Å². The molecule has 32 heavy (non-hydrogen) atoms. The maximum atomic E-state index is 12.9. The van der Waals surface area contributed by atoms with Crippen LogP contribution < -0.4 is 19.7 Å². The second kappa shape index (κ2) is 9.94. The predicted molar refractivity (Wildman–Crippen MR) is 124 cm³/mol. The molecule has 1 N–H and O–H groups in total. The highest BCUT2D eigenvalue weighted by Crippen LogP contribution is 2.34. The number of carbonyl (C=O) groups excluding carboxylic acids is 2. The molecule has 7 heteroatoms. The number of carbonyl (C=O) groups is 2. The van der Waals surface area contributed by atoms with E-state index in [0.29, 0.717) is 48.7 Å². The molecule has 0 aliphatic carbocycles. The number of ether oxygens (including phenoxy) is 2.